The second kappa shape index (κ2) is 4.39. The highest BCUT2D eigenvalue weighted by molar-refractivity contribution is 6.72. The monoisotopic (exact) mass is 153 g/mol. The van der Waals surface area contributed by atoms with E-state index >= 15 is 0 Å². The second-order valence-corrected chi connectivity index (χ2v) is 2.82. The third kappa shape index (κ3) is 2.93. The fourth-order valence-corrected chi connectivity index (χ4v) is 1.25. The lowest BCUT2D eigenvalue weighted by Gasteiger charge is -2.23. The molecule has 0 aliphatic carbocycles. The van der Waals surface area contributed by atoms with Crippen molar-refractivity contribution in [1.29, 1.82) is 0 Å². The summed E-state index contributed by atoms with van der Waals surface area (Å²) in [6.45, 7) is 3.81. The molecular weight excluding hydrogens is 139 g/mol. The molecule has 11 heavy (non-hydrogen) atoms. The van der Waals surface area contributed by atoms with Crippen LogP contribution in [0.4, 0.5) is 4.79 Å². The highest BCUT2D eigenvalue weighted by Crippen LogP contribution is 2.01. The summed E-state index contributed by atoms with van der Waals surface area (Å²) in [5.41, 5.74) is 0. The number of amides is 1. The summed E-state index contributed by atoms with van der Waals surface area (Å²) >= 11 is 0. The number of carbonyl (C=O) groups excluding carboxylic acids is 1. The quantitative estimate of drug-likeness (QED) is 0.556. The lowest BCUT2D eigenvalue weighted by Crippen LogP contribution is -2.43. The van der Waals surface area contributed by atoms with E-state index in [2.05, 4.69) is 10.6 Å². The molecule has 1 aliphatic rings. The third-order valence-electron chi connectivity index (χ3n) is 1.95. The predicted octanol–water partition coefficient (Wildman–Crippen LogP) is 0.200. The van der Waals surface area contributed by atoms with Gasteiger partial charge in [0.15, 0.2) is 5.81 Å². The van der Waals surface area contributed by atoms with E-state index in [0.717, 1.165) is 25.9 Å². The van der Waals surface area contributed by atoms with Crippen LogP contribution < -0.4 is 10.6 Å². The zero-order valence-corrected chi connectivity index (χ0v) is 6.89. The number of nitrogens with one attached hydrogen (secondary N) is 2. The molecule has 0 spiro atoms. The maximum absolute atomic E-state index is 10.9. The molecule has 1 radical (unpaired) electrons. The minimum Gasteiger partial charge on any atom is -0.363 e. The third-order valence-corrected chi connectivity index (χ3v) is 1.95. The van der Waals surface area contributed by atoms with Crippen molar-refractivity contribution in [2.24, 2.45) is 0 Å². The smallest absolute Gasteiger partial charge is 0.229 e. The highest BCUT2D eigenvalue weighted by Gasteiger charge is 2.13. The first kappa shape index (κ1) is 8.59. The predicted molar refractivity (Wildman–Crippen MR) is 46.0 cm³/mol. The van der Waals surface area contributed by atoms with Crippen LogP contribution >= 0.6 is 0 Å². The van der Waals surface area contributed by atoms with E-state index in [1.165, 1.54) is 0 Å². The fraction of sp³-hybridized carbons (Fsp3) is 0.857. The Hall–Kier alpha value is -0.505. The van der Waals surface area contributed by atoms with Gasteiger partial charge in [0.1, 0.15) is 0 Å². The summed E-state index contributed by atoms with van der Waals surface area (Å²) in [4.78, 5) is 10.9. The van der Waals surface area contributed by atoms with Crippen molar-refractivity contribution in [3.8, 4) is 0 Å². The number of hydrogen-bond acceptors (Lipinski definition) is 2. The van der Waals surface area contributed by atoms with Gasteiger partial charge in [0.05, 0.1) is 0 Å². The fourth-order valence-electron chi connectivity index (χ4n) is 1.25. The number of hydrogen-bond donors (Lipinski definition) is 2. The highest BCUT2D eigenvalue weighted by atomic mass is 16.1. The van der Waals surface area contributed by atoms with Crippen LogP contribution in [0.25, 0.3) is 0 Å². The molecule has 0 aromatic heterocycles. The molecule has 1 amide bonds. The number of piperidine rings is 1. The first-order chi connectivity index (χ1) is 5.33. The minimum absolute atomic E-state index is 0.0527. The Morgan fingerprint density at radius 2 is 2.18 bits per heavy atom. The summed E-state index contributed by atoms with van der Waals surface area (Å²) in [7, 11) is 1.57. The zero-order valence-electron chi connectivity index (χ0n) is 6.89. The first-order valence-electron chi connectivity index (χ1n) is 4.13. The van der Waals surface area contributed by atoms with E-state index in [0.29, 0.717) is 6.04 Å². The van der Waals surface area contributed by atoms with Gasteiger partial charge in [0.2, 0.25) is 7.28 Å². The summed E-state index contributed by atoms with van der Waals surface area (Å²) < 4.78 is 0. The van der Waals surface area contributed by atoms with Crippen molar-refractivity contribution in [1.82, 2.24) is 10.6 Å². The van der Waals surface area contributed by atoms with Crippen LogP contribution in [0.1, 0.15) is 12.8 Å². The van der Waals surface area contributed by atoms with Gasteiger partial charge < -0.3 is 10.6 Å². The average Bonchev–Trinajstić information content (AvgIpc) is 2.06. The van der Waals surface area contributed by atoms with Crippen LogP contribution in [-0.2, 0) is 0 Å². The molecular formula is C7H14BN2O. The molecule has 0 bridgehead atoms. The van der Waals surface area contributed by atoms with Gasteiger partial charge in [-0.1, -0.05) is 6.82 Å². The average molecular weight is 153 g/mol. The summed E-state index contributed by atoms with van der Waals surface area (Å²) in [6.07, 6.45) is 2.11. The molecule has 1 heterocycles. The molecule has 61 valence electrons. The molecule has 1 rings (SSSR count). The van der Waals surface area contributed by atoms with Gasteiger partial charge in [-0.05, 0) is 25.9 Å². The molecule has 0 atom stereocenters. The SMILES string of the molecule is C[B]C(=O)NC1CCNCC1. The standard InChI is InChI=1S/C7H14BN2O/c1-8-7(11)10-6-2-4-9-5-3-6/h6,9H,2-5H2,1H3,(H,10,11). The van der Waals surface area contributed by atoms with Crippen LogP contribution in [0.15, 0.2) is 0 Å². The van der Waals surface area contributed by atoms with E-state index in [9.17, 15) is 4.79 Å². The molecule has 0 aromatic carbocycles. The molecule has 0 saturated carbocycles. The van der Waals surface area contributed by atoms with Crippen molar-refractivity contribution in [2.45, 2.75) is 25.7 Å². The lowest BCUT2D eigenvalue weighted by atomic mass is 9.81. The van der Waals surface area contributed by atoms with E-state index < -0.39 is 0 Å². The van der Waals surface area contributed by atoms with Crippen molar-refractivity contribution >= 4 is 13.1 Å². The van der Waals surface area contributed by atoms with E-state index in [1.54, 1.807) is 14.1 Å². The second-order valence-electron chi connectivity index (χ2n) is 2.82. The maximum atomic E-state index is 10.9. The molecule has 1 fully saturated rings. The summed E-state index contributed by atoms with van der Waals surface area (Å²) in [6, 6.07) is 0.389. The Morgan fingerprint density at radius 1 is 1.55 bits per heavy atom. The zero-order chi connectivity index (χ0) is 8.10. The molecule has 1 aliphatic heterocycles. The van der Waals surface area contributed by atoms with Crippen molar-refractivity contribution < 1.29 is 4.79 Å². The van der Waals surface area contributed by atoms with Gasteiger partial charge >= 0.3 is 0 Å². The van der Waals surface area contributed by atoms with Crippen LogP contribution in [0.2, 0.25) is 6.82 Å². The van der Waals surface area contributed by atoms with Crippen LogP contribution in [0.3, 0.4) is 0 Å². The maximum Gasteiger partial charge on any atom is 0.229 e. The largest absolute Gasteiger partial charge is 0.363 e. The lowest BCUT2D eigenvalue weighted by molar-refractivity contribution is 0.252. The molecule has 2 N–H and O–H groups in total. The normalized spacial score (nSPS) is 19.4. The van der Waals surface area contributed by atoms with Gasteiger partial charge in [0.25, 0.3) is 0 Å². The Balaban J connectivity index is 2.19. The van der Waals surface area contributed by atoms with Gasteiger partial charge in [-0.3, -0.25) is 4.79 Å². The number of rotatable bonds is 2. The Bertz CT molecular complexity index is 134. The van der Waals surface area contributed by atoms with Crippen LogP contribution in [-0.4, -0.2) is 32.2 Å². The van der Waals surface area contributed by atoms with Crippen molar-refractivity contribution in [2.75, 3.05) is 13.1 Å². The summed E-state index contributed by atoms with van der Waals surface area (Å²) in [5, 5.41) is 6.18. The van der Waals surface area contributed by atoms with E-state index in [-0.39, 0.29) is 5.81 Å². The van der Waals surface area contributed by atoms with E-state index in [1.807, 2.05) is 0 Å². The van der Waals surface area contributed by atoms with Crippen molar-refractivity contribution in [3.05, 3.63) is 0 Å². The number of carbonyl (C=O) groups is 1. The molecule has 0 aromatic rings. The Labute approximate surface area is 68.2 Å². The van der Waals surface area contributed by atoms with Gasteiger partial charge in [-0.25, -0.2) is 0 Å². The van der Waals surface area contributed by atoms with Crippen molar-refractivity contribution in [3.63, 3.8) is 0 Å². The Kier molecular flexibility index (Phi) is 3.43. The van der Waals surface area contributed by atoms with Gasteiger partial charge in [-0.15, -0.1) is 0 Å². The van der Waals surface area contributed by atoms with E-state index in [4.69, 9.17) is 0 Å². The molecule has 4 heteroatoms. The van der Waals surface area contributed by atoms with Crippen LogP contribution in [0.5, 0.6) is 0 Å². The molecule has 0 unspecified atom stereocenters. The molecule has 1 saturated heterocycles. The Morgan fingerprint density at radius 3 is 2.73 bits per heavy atom. The topological polar surface area (TPSA) is 41.1 Å². The summed E-state index contributed by atoms with van der Waals surface area (Å²) in [5.74, 6) is 0.0527. The van der Waals surface area contributed by atoms with Crippen LogP contribution in [0, 0.1) is 0 Å². The minimum atomic E-state index is 0.0527. The van der Waals surface area contributed by atoms with Gasteiger partial charge in [-0.2, -0.15) is 0 Å². The molecule has 3 nitrogen and oxygen atoms in total. The van der Waals surface area contributed by atoms with Gasteiger partial charge in [0, 0.05) is 6.04 Å². The first-order valence-corrected chi connectivity index (χ1v) is 4.13.